The highest BCUT2D eigenvalue weighted by Gasteiger charge is 2.10. The molecule has 0 spiro atoms. The molecule has 1 aromatic heterocycles. The van der Waals surface area contributed by atoms with Crippen LogP contribution in [0.4, 0.5) is 5.69 Å². The summed E-state index contributed by atoms with van der Waals surface area (Å²) in [4.78, 5) is 0. The molecule has 0 aliphatic carbocycles. The van der Waals surface area contributed by atoms with Crippen LogP contribution in [0.2, 0.25) is 0 Å². The normalized spacial score (nSPS) is 10.3. The third-order valence-corrected chi connectivity index (χ3v) is 3.23. The molecule has 2 aromatic rings. The molecular weight excluding hydrogens is 192 g/mol. The fourth-order valence-corrected chi connectivity index (χ4v) is 2.57. The number of nitrogens with zero attached hydrogens (tertiary/aromatic N) is 1. The van der Waals surface area contributed by atoms with Crippen LogP contribution in [-0.4, -0.2) is 0 Å². The highest BCUT2D eigenvalue weighted by Crippen LogP contribution is 2.31. The van der Waals surface area contributed by atoms with Gasteiger partial charge in [-0.2, -0.15) is 5.26 Å². The first-order valence-electron chi connectivity index (χ1n) is 4.46. The number of rotatable bonds is 1. The van der Waals surface area contributed by atoms with Crippen molar-refractivity contribution in [2.75, 3.05) is 5.73 Å². The van der Waals surface area contributed by atoms with Crippen molar-refractivity contribution in [3.05, 3.63) is 28.6 Å². The molecule has 0 aliphatic rings. The van der Waals surface area contributed by atoms with Crippen LogP contribution in [0, 0.1) is 11.3 Å². The first-order valence-corrected chi connectivity index (χ1v) is 5.34. The van der Waals surface area contributed by atoms with Gasteiger partial charge in [0.05, 0.1) is 11.3 Å². The van der Waals surface area contributed by atoms with Gasteiger partial charge >= 0.3 is 0 Å². The highest BCUT2D eigenvalue weighted by molar-refractivity contribution is 7.17. The smallest absolute Gasteiger partial charge is 0.102 e. The monoisotopic (exact) mass is 202 g/mol. The van der Waals surface area contributed by atoms with Gasteiger partial charge in [-0.15, -0.1) is 11.3 Å². The lowest BCUT2D eigenvalue weighted by Gasteiger charge is -2.05. The Bertz CT molecular complexity index is 520. The molecule has 3 heteroatoms. The van der Waals surface area contributed by atoms with Crippen LogP contribution in [-0.2, 0) is 6.42 Å². The second-order valence-electron chi connectivity index (χ2n) is 3.12. The molecule has 2 rings (SSSR count). The third kappa shape index (κ3) is 1.16. The molecular formula is C11H10N2S. The van der Waals surface area contributed by atoms with E-state index in [2.05, 4.69) is 12.1 Å². The zero-order valence-corrected chi connectivity index (χ0v) is 8.69. The lowest BCUT2D eigenvalue weighted by atomic mass is 10.0. The van der Waals surface area contributed by atoms with E-state index in [-0.39, 0.29) is 0 Å². The molecule has 1 heterocycles. The van der Waals surface area contributed by atoms with Gasteiger partial charge in [-0.25, -0.2) is 0 Å². The molecule has 0 unspecified atom stereocenters. The predicted octanol–water partition coefficient (Wildman–Crippen LogP) is 2.92. The summed E-state index contributed by atoms with van der Waals surface area (Å²) in [6.45, 7) is 2.05. The molecule has 70 valence electrons. The number of thiophene rings is 1. The quantitative estimate of drug-likeness (QED) is 0.723. The minimum absolute atomic E-state index is 0.597. The van der Waals surface area contributed by atoms with Crippen LogP contribution in [0.3, 0.4) is 0 Å². The van der Waals surface area contributed by atoms with Gasteiger partial charge in [0, 0.05) is 4.70 Å². The summed E-state index contributed by atoms with van der Waals surface area (Å²) in [6, 6.07) is 6.12. The van der Waals surface area contributed by atoms with Crippen LogP contribution in [0.25, 0.3) is 10.1 Å². The number of fused-ring (bicyclic) bond motifs is 1. The summed E-state index contributed by atoms with van der Waals surface area (Å²) in [5, 5.41) is 12.2. The minimum Gasteiger partial charge on any atom is -0.398 e. The van der Waals surface area contributed by atoms with E-state index in [0.717, 1.165) is 12.0 Å². The summed E-state index contributed by atoms with van der Waals surface area (Å²) in [7, 11) is 0. The van der Waals surface area contributed by atoms with Crippen molar-refractivity contribution in [3.8, 4) is 6.07 Å². The Hall–Kier alpha value is -1.53. The average Bonchev–Trinajstić information content (AvgIpc) is 2.62. The van der Waals surface area contributed by atoms with Gasteiger partial charge in [0.15, 0.2) is 0 Å². The topological polar surface area (TPSA) is 49.8 Å². The summed E-state index contributed by atoms with van der Waals surface area (Å²) in [5.74, 6) is 0. The second kappa shape index (κ2) is 3.32. The second-order valence-corrected chi connectivity index (χ2v) is 4.06. The Kier molecular flexibility index (Phi) is 2.14. The van der Waals surface area contributed by atoms with Crippen molar-refractivity contribution in [2.45, 2.75) is 13.3 Å². The fraction of sp³-hybridized carbons (Fsp3) is 0.182. The number of nitriles is 1. The number of benzene rings is 1. The standard InChI is InChI=1S/C11H10N2S/c1-2-7-8-3-4-14-11(8)5-10(13)9(7)6-12/h3-5H,2,13H2,1H3. The maximum atomic E-state index is 9.00. The number of hydrogen-bond acceptors (Lipinski definition) is 3. The molecule has 0 aliphatic heterocycles. The molecule has 2 nitrogen and oxygen atoms in total. The number of aryl methyl sites for hydroxylation is 1. The Morgan fingerprint density at radius 3 is 3.00 bits per heavy atom. The Morgan fingerprint density at radius 2 is 2.36 bits per heavy atom. The van der Waals surface area contributed by atoms with Crippen molar-refractivity contribution >= 4 is 27.1 Å². The van der Waals surface area contributed by atoms with Crippen molar-refractivity contribution in [1.29, 1.82) is 5.26 Å². The zero-order valence-electron chi connectivity index (χ0n) is 7.87. The summed E-state index contributed by atoms with van der Waals surface area (Å²) >= 11 is 1.66. The maximum absolute atomic E-state index is 9.00. The van der Waals surface area contributed by atoms with Crippen molar-refractivity contribution in [2.24, 2.45) is 0 Å². The van der Waals surface area contributed by atoms with Gasteiger partial charge in [-0.05, 0) is 34.9 Å². The average molecular weight is 202 g/mol. The molecule has 14 heavy (non-hydrogen) atoms. The molecule has 0 amide bonds. The van der Waals surface area contributed by atoms with E-state index >= 15 is 0 Å². The fourth-order valence-electron chi connectivity index (χ4n) is 1.70. The van der Waals surface area contributed by atoms with Gasteiger partial charge < -0.3 is 5.73 Å². The minimum atomic E-state index is 0.597. The van der Waals surface area contributed by atoms with Crippen molar-refractivity contribution < 1.29 is 0 Å². The number of nitrogen functional groups attached to an aromatic ring is 1. The Balaban J connectivity index is 2.91. The number of nitrogens with two attached hydrogens (primary N) is 1. The molecule has 2 N–H and O–H groups in total. The molecule has 0 saturated heterocycles. The SMILES string of the molecule is CCc1c(C#N)c(N)cc2sccc12. The zero-order chi connectivity index (χ0) is 10.1. The predicted molar refractivity (Wildman–Crippen MR) is 60.3 cm³/mol. The largest absolute Gasteiger partial charge is 0.398 e. The van der Waals surface area contributed by atoms with E-state index in [1.165, 1.54) is 10.1 Å². The molecule has 0 fully saturated rings. The maximum Gasteiger partial charge on any atom is 0.102 e. The molecule has 0 saturated carbocycles. The first-order chi connectivity index (χ1) is 6.77. The van der Waals surface area contributed by atoms with Gasteiger partial charge in [0.25, 0.3) is 0 Å². The first kappa shape index (κ1) is 9.04. The van der Waals surface area contributed by atoms with Crippen LogP contribution < -0.4 is 5.73 Å². The van der Waals surface area contributed by atoms with Crippen LogP contribution in [0.15, 0.2) is 17.5 Å². The van der Waals surface area contributed by atoms with Crippen LogP contribution in [0.5, 0.6) is 0 Å². The lowest BCUT2D eigenvalue weighted by Crippen LogP contribution is -1.95. The van der Waals surface area contributed by atoms with E-state index in [4.69, 9.17) is 11.0 Å². The Labute approximate surface area is 86.6 Å². The molecule has 0 bridgehead atoms. The van der Waals surface area contributed by atoms with Crippen LogP contribution >= 0.6 is 11.3 Å². The van der Waals surface area contributed by atoms with E-state index in [1.807, 2.05) is 18.4 Å². The molecule has 1 aromatic carbocycles. The summed E-state index contributed by atoms with van der Waals surface area (Å²) in [5.41, 5.74) is 8.12. The number of anilines is 1. The third-order valence-electron chi connectivity index (χ3n) is 2.36. The van der Waals surface area contributed by atoms with E-state index < -0.39 is 0 Å². The summed E-state index contributed by atoms with van der Waals surface area (Å²) < 4.78 is 1.17. The van der Waals surface area contributed by atoms with E-state index in [9.17, 15) is 0 Å². The van der Waals surface area contributed by atoms with Crippen molar-refractivity contribution in [1.82, 2.24) is 0 Å². The Morgan fingerprint density at radius 1 is 1.57 bits per heavy atom. The molecule has 0 radical (unpaired) electrons. The summed E-state index contributed by atoms with van der Waals surface area (Å²) in [6.07, 6.45) is 0.848. The van der Waals surface area contributed by atoms with Gasteiger partial charge in [-0.1, -0.05) is 6.92 Å². The van der Waals surface area contributed by atoms with Crippen LogP contribution in [0.1, 0.15) is 18.1 Å². The molecule has 0 atom stereocenters. The lowest BCUT2D eigenvalue weighted by molar-refractivity contribution is 1.15. The van der Waals surface area contributed by atoms with E-state index in [1.54, 1.807) is 11.3 Å². The highest BCUT2D eigenvalue weighted by atomic mass is 32.1. The van der Waals surface area contributed by atoms with Crippen molar-refractivity contribution in [3.63, 3.8) is 0 Å². The van der Waals surface area contributed by atoms with Gasteiger partial charge in [0.2, 0.25) is 0 Å². The number of hydrogen-bond donors (Lipinski definition) is 1. The van der Waals surface area contributed by atoms with Gasteiger partial charge in [0.1, 0.15) is 6.07 Å². The van der Waals surface area contributed by atoms with Gasteiger partial charge in [-0.3, -0.25) is 0 Å². The van der Waals surface area contributed by atoms with E-state index in [0.29, 0.717) is 11.3 Å².